The molecule has 0 aromatic heterocycles. The molecule has 2 atom stereocenters. The molecule has 1 aliphatic rings. The van der Waals surface area contributed by atoms with Crippen molar-refractivity contribution in [2.45, 2.75) is 39.3 Å². The number of hydrogen-bond acceptors (Lipinski definition) is 3. The predicted octanol–water partition coefficient (Wildman–Crippen LogP) is -0.122. The van der Waals surface area contributed by atoms with Crippen LogP contribution >= 0.6 is 0 Å². The number of carbonyl (C=O) groups excluding carboxylic acids is 2. The van der Waals surface area contributed by atoms with Crippen molar-refractivity contribution in [1.29, 1.82) is 0 Å². The number of primary amides is 1. The lowest BCUT2D eigenvalue weighted by atomic mass is 10.0. The van der Waals surface area contributed by atoms with Gasteiger partial charge in [-0.2, -0.15) is 0 Å². The second-order valence-electron chi connectivity index (χ2n) is 4.56. The van der Waals surface area contributed by atoms with E-state index in [0.717, 1.165) is 12.1 Å². The summed E-state index contributed by atoms with van der Waals surface area (Å²) >= 11 is 0. The summed E-state index contributed by atoms with van der Waals surface area (Å²) in [7, 11) is 0. The van der Waals surface area contributed by atoms with E-state index < -0.39 is 11.9 Å². The van der Waals surface area contributed by atoms with Crippen LogP contribution in [-0.4, -0.2) is 23.9 Å². The molecule has 1 heterocycles. The van der Waals surface area contributed by atoms with Gasteiger partial charge in [0.05, 0.1) is 6.04 Å². The van der Waals surface area contributed by atoms with Crippen LogP contribution in [0, 0.1) is 5.92 Å². The lowest BCUT2D eigenvalue weighted by molar-refractivity contribution is -0.119. The molecule has 0 unspecified atom stereocenters. The molecule has 0 saturated carbocycles. The van der Waals surface area contributed by atoms with Crippen LogP contribution in [-0.2, 0) is 9.59 Å². The Hall–Kier alpha value is -1.52. The van der Waals surface area contributed by atoms with Crippen molar-refractivity contribution in [2.75, 3.05) is 0 Å². The minimum atomic E-state index is -0.464. The van der Waals surface area contributed by atoms with E-state index in [9.17, 15) is 9.59 Å². The second-order valence-corrected chi connectivity index (χ2v) is 4.56. The van der Waals surface area contributed by atoms with Crippen molar-refractivity contribution in [1.82, 2.24) is 10.6 Å². The third kappa shape index (κ3) is 3.25. The molecule has 1 aliphatic heterocycles. The van der Waals surface area contributed by atoms with E-state index in [0.29, 0.717) is 5.92 Å². The molecule has 0 aromatic rings. The Kier molecular flexibility index (Phi) is 3.93. The third-order valence-corrected chi connectivity index (χ3v) is 2.50. The van der Waals surface area contributed by atoms with Crippen molar-refractivity contribution < 1.29 is 9.59 Å². The number of nitrogens with one attached hydrogen (secondary N) is 2. The highest BCUT2D eigenvalue weighted by atomic mass is 16.2. The molecule has 90 valence electrons. The summed E-state index contributed by atoms with van der Waals surface area (Å²) in [6.07, 6.45) is 2.34. The normalized spacial score (nSPS) is 21.6. The van der Waals surface area contributed by atoms with E-state index in [1.165, 1.54) is 6.08 Å². The molecule has 0 aliphatic carbocycles. The van der Waals surface area contributed by atoms with Gasteiger partial charge in [-0.1, -0.05) is 13.8 Å². The zero-order valence-electron chi connectivity index (χ0n) is 9.91. The summed E-state index contributed by atoms with van der Waals surface area (Å²) < 4.78 is 0. The number of amides is 2. The van der Waals surface area contributed by atoms with Crippen LogP contribution in [0.1, 0.15) is 27.2 Å². The van der Waals surface area contributed by atoms with Gasteiger partial charge in [0.2, 0.25) is 11.8 Å². The van der Waals surface area contributed by atoms with E-state index in [4.69, 9.17) is 5.73 Å². The van der Waals surface area contributed by atoms with Gasteiger partial charge >= 0.3 is 0 Å². The Bertz CT molecular complexity index is 323. The molecule has 0 aromatic carbocycles. The smallest absolute Gasteiger partial charge is 0.246 e. The molecular formula is C11H19N3O2. The Balaban J connectivity index is 2.64. The van der Waals surface area contributed by atoms with Crippen LogP contribution in [0.5, 0.6) is 0 Å². The molecule has 5 heteroatoms. The zero-order valence-corrected chi connectivity index (χ0v) is 9.91. The summed E-state index contributed by atoms with van der Waals surface area (Å²) in [6, 6.07) is -0.497. The quantitative estimate of drug-likeness (QED) is 0.610. The zero-order chi connectivity index (χ0) is 12.3. The predicted molar refractivity (Wildman–Crippen MR) is 61.3 cm³/mol. The molecule has 0 bridgehead atoms. The molecule has 5 nitrogen and oxygen atoms in total. The molecule has 0 spiro atoms. The van der Waals surface area contributed by atoms with Gasteiger partial charge in [-0.15, -0.1) is 0 Å². The number of nitrogens with two attached hydrogens (primary N) is 1. The average molecular weight is 225 g/mol. The Morgan fingerprint density at radius 3 is 2.69 bits per heavy atom. The van der Waals surface area contributed by atoms with Gasteiger partial charge in [0.15, 0.2) is 0 Å². The van der Waals surface area contributed by atoms with Crippen molar-refractivity contribution >= 4 is 11.8 Å². The summed E-state index contributed by atoms with van der Waals surface area (Å²) in [5.41, 5.74) is 5.92. The largest absolute Gasteiger partial charge is 0.375 e. The van der Waals surface area contributed by atoms with Gasteiger partial charge in [0, 0.05) is 11.8 Å². The minimum Gasteiger partial charge on any atom is -0.375 e. The molecule has 4 N–H and O–H groups in total. The van der Waals surface area contributed by atoms with E-state index >= 15 is 0 Å². The fourth-order valence-electron chi connectivity index (χ4n) is 1.65. The minimum absolute atomic E-state index is 0.0331. The fraction of sp³-hybridized carbons (Fsp3) is 0.636. The van der Waals surface area contributed by atoms with E-state index in [2.05, 4.69) is 24.5 Å². The first-order chi connectivity index (χ1) is 7.40. The third-order valence-electron chi connectivity index (χ3n) is 2.50. The average Bonchev–Trinajstić information content (AvgIpc) is 2.45. The maximum Gasteiger partial charge on any atom is 0.246 e. The lowest BCUT2D eigenvalue weighted by Gasteiger charge is -2.20. The molecule has 0 radical (unpaired) electrons. The highest BCUT2D eigenvalue weighted by Crippen LogP contribution is 2.15. The van der Waals surface area contributed by atoms with Crippen molar-refractivity contribution in [3.63, 3.8) is 0 Å². The van der Waals surface area contributed by atoms with Crippen molar-refractivity contribution in [3.8, 4) is 0 Å². The van der Waals surface area contributed by atoms with Crippen LogP contribution < -0.4 is 16.4 Å². The van der Waals surface area contributed by atoms with Crippen LogP contribution in [0.4, 0.5) is 0 Å². The second kappa shape index (κ2) is 5.01. The highest BCUT2D eigenvalue weighted by Gasteiger charge is 2.26. The van der Waals surface area contributed by atoms with E-state index in [1.807, 2.05) is 0 Å². The number of rotatable bonds is 5. The molecule has 16 heavy (non-hydrogen) atoms. The Morgan fingerprint density at radius 1 is 1.56 bits per heavy atom. The summed E-state index contributed by atoms with van der Waals surface area (Å²) in [6.45, 7) is 5.84. The van der Waals surface area contributed by atoms with E-state index in [-0.39, 0.29) is 11.9 Å². The van der Waals surface area contributed by atoms with Gasteiger partial charge in [0.1, 0.15) is 6.04 Å². The molecule has 1 rings (SSSR count). The first-order valence-electron chi connectivity index (χ1n) is 5.48. The lowest BCUT2D eigenvalue weighted by Crippen LogP contribution is -2.42. The molecule has 0 saturated heterocycles. The topological polar surface area (TPSA) is 84.2 Å². The monoisotopic (exact) mass is 225 g/mol. The summed E-state index contributed by atoms with van der Waals surface area (Å²) in [4.78, 5) is 22.2. The van der Waals surface area contributed by atoms with Crippen molar-refractivity contribution in [2.24, 2.45) is 11.7 Å². The summed E-state index contributed by atoms with van der Waals surface area (Å²) in [5.74, 6) is -0.0779. The Morgan fingerprint density at radius 2 is 2.19 bits per heavy atom. The van der Waals surface area contributed by atoms with Gasteiger partial charge in [0.25, 0.3) is 0 Å². The summed E-state index contributed by atoms with van der Waals surface area (Å²) in [5, 5.41) is 5.80. The number of hydrogen-bond donors (Lipinski definition) is 3. The maximum absolute atomic E-state index is 11.3. The molecular weight excluding hydrogens is 206 g/mol. The van der Waals surface area contributed by atoms with Crippen LogP contribution in [0.2, 0.25) is 0 Å². The van der Waals surface area contributed by atoms with Crippen LogP contribution in [0.25, 0.3) is 0 Å². The Labute approximate surface area is 95.5 Å². The molecule has 2 amide bonds. The van der Waals surface area contributed by atoms with Gasteiger partial charge < -0.3 is 16.4 Å². The van der Waals surface area contributed by atoms with Gasteiger partial charge in [-0.25, -0.2) is 0 Å². The van der Waals surface area contributed by atoms with Gasteiger partial charge in [-0.3, -0.25) is 9.59 Å². The first kappa shape index (κ1) is 12.5. The molecule has 0 fully saturated rings. The fourth-order valence-corrected chi connectivity index (χ4v) is 1.65. The first-order valence-corrected chi connectivity index (χ1v) is 5.48. The highest BCUT2D eigenvalue weighted by molar-refractivity contribution is 5.92. The van der Waals surface area contributed by atoms with Crippen molar-refractivity contribution in [3.05, 3.63) is 11.8 Å². The van der Waals surface area contributed by atoms with Crippen LogP contribution in [0.15, 0.2) is 11.8 Å². The van der Waals surface area contributed by atoms with Gasteiger partial charge in [-0.05, 0) is 19.3 Å². The standard InChI is InChI=1S/C11H19N3O2/c1-6(2)4-8-9(5-10(15)14-8)13-7(3)11(12)16/h5-8,13H,4H2,1-3H3,(H2,12,16)(H,14,15)/t7-,8-/m0/s1. The van der Waals surface area contributed by atoms with Crippen LogP contribution in [0.3, 0.4) is 0 Å². The maximum atomic E-state index is 11.3. The van der Waals surface area contributed by atoms with E-state index in [1.54, 1.807) is 6.92 Å². The SMILES string of the molecule is CC(C)C[C@@H]1NC(=O)C=C1N[C@@H](C)C(N)=O. The number of carbonyl (C=O) groups is 2.